The highest BCUT2D eigenvalue weighted by Gasteiger charge is 2.07. The Labute approximate surface area is 85.8 Å². The molecule has 0 amide bonds. The lowest BCUT2D eigenvalue weighted by Gasteiger charge is -2.06. The summed E-state index contributed by atoms with van der Waals surface area (Å²) in [6.07, 6.45) is 1.97. The predicted octanol–water partition coefficient (Wildman–Crippen LogP) is 2.33. The molecule has 0 unspecified atom stereocenters. The van der Waals surface area contributed by atoms with Gasteiger partial charge in [0, 0.05) is 12.8 Å². The van der Waals surface area contributed by atoms with Crippen LogP contribution in [0.2, 0.25) is 0 Å². The Hall–Kier alpha value is -0.860. The molecule has 14 heavy (non-hydrogen) atoms. The summed E-state index contributed by atoms with van der Waals surface area (Å²) in [5, 5.41) is 0. The molecule has 0 heterocycles. The minimum Gasteiger partial charge on any atom is -0.465 e. The molecular weight excluding hydrogens is 180 g/mol. The number of hydrogen-bond donors (Lipinski definition) is 0. The summed E-state index contributed by atoms with van der Waals surface area (Å²) in [5.41, 5.74) is 0. The van der Waals surface area contributed by atoms with Crippen LogP contribution in [0.5, 0.6) is 0 Å². The van der Waals surface area contributed by atoms with Crippen LogP contribution in [0.15, 0.2) is 0 Å². The van der Waals surface area contributed by atoms with Gasteiger partial charge < -0.3 is 4.74 Å². The van der Waals surface area contributed by atoms with Crippen molar-refractivity contribution in [3.05, 3.63) is 0 Å². The van der Waals surface area contributed by atoms with E-state index >= 15 is 0 Å². The monoisotopic (exact) mass is 200 g/mol. The number of ether oxygens (including phenoxy) is 1. The summed E-state index contributed by atoms with van der Waals surface area (Å²) in [6.45, 7) is 6.36. The third kappa shape index (κ3) is 7.77. The second-order valence-electron chi connectivity index (χ2n) is 3.87. The van der Waals surface area contributed by atoms with Gasteiger partial charge in [-0.25, -0.2) is 0 Å². The van der Waals surface area contributed by atoms with Gasteiger partial charge in [-0.1, -0.05) is 20.8 Å². The summed E-state index contributed by atoms with van der Waals surface area (Å²) in [5.74, 6) is 0.238. The van der Waals surface area contributed by atoms with E-state index in [1.807, 2.05) is 20.8 Å². The fourth-order valence-electron chi connectivity index (χ4n) is 0.977. The summed E-state index contributed by atoms with van der Waals surface area (Å²) < 4.78 is 4.94. The third-order valence-electron chi connectivity index (χ3n) is 1.71. The molecule has 0 aromatic carbocycles. The molecule has 0 aliphatic rings. The average Bonchev–Trinajstić information content (AvgIpc) is 2.12. The molecule has 0 spiro atoms. The van der Waals surface area contributed by atoms with Gasteiger partial charge in [-0.05, 0) is 12.3 Å². The highest BCUT2D eigenvalue weighted by molar-refractivity contribution is 5.82. The maximum Gasteiger partial charge on any atom is 0.306 e. The summed E-state index contributed by atoms with van der Waals surface area (Å²) >= 11 is 0. The molecular formula is C11H20O3. The molecule has 0 saturated heterocycles. The Morgan fingerprint density at radius 3 is 2.29 bits per heavy atom. The standard InChI is InChI=1S/C11H20O3/c1-4-5-10(12)6-7-11(13)14-8-9(2)3/h9H,4-8H2,1-3H3. The molecule has 0 fully saturated rings. The fourth-order valence-corrected chi connectivity index (χ4v) is 0.977. The van der Waals surface area contributed by atoms with Crippen molar-refractivity contribution in [1.29, 1.82) is 0 Å². The van der Waals surface area contributed by atoms with Gasteiger partial charge in [0.25, 0.3) is 0 Å². The van der Waals surface area contributed by atoms with E-state index in [2.05, 4.69) is 0 Å². The zero-order valence-electron chi connectivity index (χ0n) is 9.34. The molecule has 0 radical (unpaired) electrons. The largest absolute Gasteiger partial charge is 0.465 e. The van der Waals surface area contributed by atoms with Gasteiger partial charge in [-0.2, -0.15) is 0 Å². The van der Waals surface area contributed by atoms with E-state index in [0.717, 1.165) is 6.42 Å². The van der Waals surface area contributed by atoms with E-state index in [9.17, 15) is 9.59 Å². The van der Waals surface area contributed by atoms with Crippen LogP contribution in [-0.2, 0) is 14.3 Å². The molecule has 0 aromatic heterocycles. The normalized spacial score (nSPS) is 10.3. The Morgan fingerprint density at radius 2 is 1.79 bits per heavy atom. The molecule has 3 nitrogen and oxygen atoms in total. The number of hydrogen-bond acceptors (Lipinski definition) is 3. The van der Waals surface area contributed by atoms with Crippen LogP contribution in [0.3, 0.4) is 0 Å². The summed E-state index contributed by atoms with van der Waals surface area (Å²) in [6, 6.07) is 0. The summed E-state index contributed by atoms with van der Waals surface area (Å²) in [7, 11) is 0. The van der Waals surface area contributed by atoms with Crippen LogP contribution >= 0.6 is 0 Å². The van der Waals surface area contributed by atoms with Crippen LogP contribution in [0.25, 0.3) is 0 Å². The third-order valence-corrected chi connectivity index (χ3v) is 1.71. The van der Waals surface area contributed by atoms with Crippen molar-refractivity contribution in [3.63, 3.8) is 0 Å². The predicted molar refractivity (Wildman–Crippen MR) is 54.9 cm³/mol. The van der Waals surface area contributed by atoms with Gasteiger partial charge in [0.2, 0.25) is 0 Å². The topological polar surface area (TPSA) is 43.4 Å². The van der Waals surface area contributed by atoms with E-state index < -0.39 is 0 Å². The first kappa shape index (κ1) is 13.1. The molecule has 82 valence electrons. The number of Topliss-reactive ketones (excluding diaryl/α,β-unsaturated/α-hetero) is 1. The molecule has 0 atom stereocenters. The van der Waals surface area contributed by atoms with Crippen molar-refractivity contribution >= 4 is 11.8 Å². The maximum atomic E-state index is 11.1. The first-order chi connectivity index (χ1) is 6.56. The van der Waals surface area contributed by atoms with Gasteiger partial charge in [0.15, 0.2) is 0 Å². The molecule has 0 aromatic rings. The SMILES string of the molecule is CCCC(=O)CCC(=O)OCC(C)C. The van der Waals surface area contributed by atoms with Crippen LogP contribution in [-0.4, -0.2) is 18.4 Å². The van der Waals surface area contributed by atoms with Gasteiger partial charge in [-0.3, -0.25) is 9.59 Å². The van der Waals surface area contributed by atoms with Gasteiger partial charge >= 0.3 is 5.97 Å². The molecule has 0 saturated carbocycles. The molecule has 0 bridgehead atoms. The number of esters is 1. The second kappa shape index (κ2) is 7.54. The van der Waals surface area contributed by atoms with Crippen molar-refractivity contribution in [1.82, 2.24) is 0 Å². The molecule has 0 aliphatic carbocycles. The van der Waals surface area contributed by atoms with E-state index in [1.165, 1.54) is 0 Å². The zero-order valence-corrected chi connectivity index (χ0v) is 9.34. The number of rotatable bonds is 7. The lowest BCUT2D eigenvalue weighted by Crippen LogP contribution is -2.11. The summed E-state index contributed by atoms with van der Waals surface area (Å²) in [4.78, 5) is 22.2. The fraction of sp³-hybridized carbons (Fsp3) is 0.818. The smallest absolute Gasteiger partial charge is 0.306 e. The van der Waals surface area contributed by atoms with Crippen LogP contribution in [0.1, 0.15) is 46.5 Å². The Kier molecular flexibility index (Phi) is 7.07. The maximum absolute atomic E-state index is 11.1. The number of ketones is 1. The molecule has 3 heteroatoms. The van der Waals surface area contributed by atoms with Gasteiger partial charge in [0.05, 0.1) is 13.0 Å². The second-order valence-corrected chi connectivity index (χ2v) is 3.87. The van der Waals surface area contributed by atoms with Crippen molar-refractivity contribution in [3.8, 4) is 0 Å². The van der Waals surface area contributed by atoms with Crippen molar-refractivity contribution < 1.29 is 14.3 Å². The molecule has 0 rings (SSSR count). The average molecular weight is 200 g/mol. The minimum atomic E-state index is -0.261. The van der Waals surface area contributed by atoms with E-state index in [-0.39, 0.29) is 18.2 Å². The molecule has 0 N–H and O–H groups in total. The molecule has 0 aliphatic heterocycles. The zero-order chi connectivity index (χ0) is 11.0. The van der Waals surface area contributed by atoms with Crippen molar-refractivity contribution in [2.75, 3.05) is 6.61 Å². The first-order valence-corrected chi connectivity index (χ1v) is 5.23. The van der Waals surface area contributed by atoms with Crippen LogP contribution in [0, 0.1) is 5.92 Å². The highest BCUT2D eigenvalue weighted by atomic mass is 16.5. The van der Waals surface area contributed by atoms with E-state index in [4.69, 9.17) is 4.74 Å². The van der Waals surface area contributed by atoms with Crippen molar-refractivity contribution in [2.24, 2.45) is 5.92 Å². The van der Waals surface area contributed by atoms with Gasteiger partial charge in [0.1, 0.15) is 5.78 Å². The Balaban J connectivity index is 3.48. The Bertz CT molecular complexity index is 185. The van der Waals surface area contributed by atoms with Crippen molar-refractivity contribution in [2.45, 2.75) is 46.5 Å². The van der Waals surface area contributed by atoms with Gasteiger partial charge in [-0.15, -0.1) is 0 Å². The first-order valence-electron chi connectivity index (χ1n) is 5.23. The Morgan fingerprint density at radius 1 is 1.14 bits per heavy atom. The minimum absolute atomic E-state index is 0.147. The number of carbonyl (C=O) groups is 2. The lowest BCUT2D eigenvalue weighted by atomic mass is 10.1. The van der Waals surface area contributed by atoms with E-state index in [1.54, 1.807) is 0 Å². The van der Waals surface area contributed by atoms with Crippen LogP contribution in [0.4, 0.5) is 0 Å². The quantitative estimate of drug-likeness (QED) is 0.592. The van der Waals surface area contributed by atoms with E-state index in [0.29, 0.717) is 25.4 Å². The lowest BCUT2D eigenvalue weighted by molar-refractivity contribution is -0.145. The van der Waals surface area contributed by atoms with Crippen LogP contribution < -0.4 is 0 Å². The number of carbonyl (C=O) groups excluding carboxylic acids is 2. The highest BCUT2D eigenvalue weighted by Crippen LogP contribution is 2.01.